The number of hydrogen-bond acceptors (Lipinski definition) is 5. The number of halogens is 2. The van der Waals surface area contributed by atoms with Crippen LogP contribution in [-0.2, 0) is 0 Å². The van der Waals surface area contributed by atoms with Crippen molar-refractivity contribution in [3.8, 4) is 0 Å². The zero-order valence-electron chi connectivity index (χ0n) is 23.6. The standard InChI is InChI=1S/C30H52F2N4O/c1-18(2)33-26-10-7-8-19(28(26)36-13-20-21(14-36)22(20)17-37)12-29(3,4)34-25-9-5-6-11-27(25)35-15-23-24(16-35)30(23,31)32/h18-28,33-34,37H,5-17H2,1-4H3/t19?,20-,21?,22?,23?,24?,25-,26+,27-,28+/m0/s1. The normalized spacial score (nSPS) is 45.7. The number of nitrogens with zero attached hydrogens (tertiary/aromatic N) is 2. The highest BCUT2D eigenvalue weighted by Crippen LogP contribution is 2.60. The van der Waals surface area contributed by atoms with Crippen LogP contribution in [0.3, 0.4) is 0 Å². The number of nitrogens with one attached hydrogen (secondary N) is 2. The minimum Gasteiger partial charge on any atom is -0.396 e. The Bertz CT molecular complexity index is 797. The van der Waals surface area contributed by atoms with E-state index in [-0.39, 0.29) is 17.4 Å². The summed E-state index contributed by atoms with van der Waals surface area (Å²) in [7, 11) is 0. The van der Waals surface area contributed by atoms with Crippen LogP contribution in [-0.4, -0.2) is 89.4 Å². The largest absolute Gasteiger partial charge is 0.396 e. The maximum absolute atomic E-state index is 13.9. The minimum absolute atomic E-state index is 0.0196. The molecule has 3 N–H and O–H groups in total. The molecule has 2 saturated heterocycles. The summed E-state index contributed by atoms with van der Waals surface area (Å²) < 4.78 is 27.8. The summed E-state index contributed by atoms with van der Waals surface area (Å²) >= 11 is 0. The van der Waals surface area contributed by atoms with E-state index in [0.29, 0.717) is 73.6 Å². The van der Waals surface area contributed by atoms with Crippen molar-refractivity contribution in [3.63, 3.8) is 0 Å². The summed E-state index contributed by atoms with van der Waals surface area (Å²) in [5.41, 5.74) is 0.0196. The predicted molar refractivity (Wildman–Crippen MR) is 144 cm³/mol. The number of aliphatic hydroxyl groups excluding tert-OH is 1. The molecule has 2 heterocycles. The number of alkyl halides is 2. The molecule has 37 heavy (non-hydrogen) atoms. The first-order valence-electron chi connectivity index (χ1n) is 15.6. The van der Waals surface area contributed by atoms with Crippen molar-refractivity contribution in [1.82, 2.24) is 20.4 Å². The van der Waals surface area contributed by atoms with Gasteiger partial charge in [0.2, 0.25) is 0 Å². The third kappa shape index (κ3) is 5.14. The highest BCUT2D eigenvalue weighted by Gasteiger charge is 2.72. The van der Waals surface area contributed by atoms with Crippen molar-refractivity contribution in [3.05, 3.63) is 0 Å². The van der Waals surface area contributed by atoms with Gasteiger partial charge in [0.25, 0.3) is 5.92 Å². The van der Waals surface area contributed by atoms with Crippen LogP contribution in [0, 0.1) is 35.5 Å². The van der Waals surface area contributed by atoms with Crippen LogP contribution in [0.15, 0.2) is 0 Å². The van der Waals surface area contributed by atoms with Gasteiger partial charge in [0, 0.05) is 80.4 Å². The molecular formula is C30H52F2N4O. The number of aliphatic hydroxyl groups is 1. The van der Waals surface area contributed by atoms with E-state index in [1.165, 1.54) is 38.5 Å². The quantitative estimate of drug-likeness (QED) is 0.428. The lowest BCUT2D eigenvalue weighted by molar-refractivity contribution is 0.0251. The number of piperidine rings is 2. The second-order valence-electron chi connectivity index (χ2n) is 14.8. The molecule has 6 rings (SSSR count). The van der Waals surface area contributed by atoms with Gasteiger partial charge in [-0.15, -0.1) is 0 Å². The Morgan fingerprint density at radius 2 is 1.54 bits per heavy atom. The molecule has 4 aliphatic carbocycles. The van der Waals surface area contributed by atoms with Crippen LogP contribution in [0.4, 0.5) is 8.78 Å². The summed E-state index contributed by atoms with van der Waals surface area (Å²) in [6.07, 6.45) is 9.79. The van der Waals surface area contributed by atoms with E-state index in [1.54, 1.807) is 0 Å². The van der Waals surface area contributed by atoms with Crippen molar-refractivity contribution in [2.24, 2.45) is 35.5 Å². The van der Waals surface area contributed by atoms with Crippen molar-refractivity contribution in [2.75, 3.05) is 32.8 Å². The molecule has 0 amide bonds. The number of rotatable bonds is 9. The van der Waals surface area contributed by atoms with Gasteiger partial charge in [0.1, 0.15) is 0 Å². The van der Waals surface area contributed by atoms with E-state index in [0.717, 1.165) is 25.9 Å². The number of likely N-dealkylation sites (tertiary alicyclic amines) is 2. The van der Waals surface area contributed by atoms with Crippen molar-refractivity contribution in [2.45, 2.75) is 121 Å². The summed E-state index contributed by atoms with van der Waals surface area (Å²) in [6, 6.07) is 2.42. The van der Waals surface area contributed by atoms with Crippen LogP contribution in [0.5, 0.6) is 0 Å². The van der Waals surface area contributed by atoms with E-state index in [9.17, 15) is 13.9 Å². The van der Waals surface area contributed by atoms with Gasteiger partial charge < -0.3 is 15.7 Å². The molecule has 212 valence electrons. The lowest BCUT2D eigenvalue weighted by Gasteiger charge is -2.49. The van der Waals surface area contributed by atoms with Gasteiger partial charge >= 0.3 is 0 Å². The Morgan fingerprint density at radius 1 is 0.892 bits per heavy atom. The van der Waals surface area contributed by atoms with Crippen molar-refractivity contribution in [1.29, 1.82) is 0 Å². The molecule has 4 saturated carbocycles. The Kier molecular flexibility index (Phi) is 7.21. The summed E-state index contributed by atoms with van der Waals surface area (Å²) in [4.78, 5) is 5.21. The summed E-state index contributed by atoms with van der Waals surface area (Å²) in [5.74, 6) is -0.536. The molecular weight excluding hydrogens is 470 g/mol. The lowest BCUT2D eigenvalue weighted by Crippen LogP contribution is -2.61. The zero-order valence-corrected chi connectivity index (χ0v) is 23.6. The van der Waals surface area contributed by atoms with Gasteiger partial charge in [-0.2, -0.15) is 0 Å². The molecule has 0 aromatic carbocycles. The third-order valence-corrected chi connectivity index (χ3v) is 11.3. The number of hydrogen-bond donors (Lipinski definition) is 3. The fraction of sp³-hybridized carbons (Fsp3) is 1.00. The van der Waals surface area contributed by atoms with E-state index in [1.807, 2.05) is 0 Å². The molecule has 5 unspecified atom stereocenters. The van der Waals surface area contributed by atoms with Crippen LogP contribution in [0.2, 0.25) is 0 Å². The van der Waals surface area contributed by atoms with E-state index in [2.05, 4.69) is 48.1 Å². The predicted octanol–water partition coefficient (Wildman–Crippen LogP) is 3.96. The van der Waals surface area contributed by atoms with Gasteiger partial charge in [-0.3, -0.25) is 9.80 Å². The van der Waals surface area contributed by atoms with Crippen LogP contribution in [0.25, 0.3) is 0 Å². The SMILES string of the molecule is CC(C)N[C@@H]1CCCC(CC(C)(C)N[C@H]2CCCC[C@@H]2N2CC3C(C2)C3(F)F)[C@H]1N1CC2C(CO)[C@H]2C1. The maximum atomic E-state index is 13.9. The van der Waals surface area contributed by atoms with Gasteiger partial charge in [-0.1, -0.05) is 33.1 Å². The Balaban J connectivity index is 1.12. The highest BCUT2D eigenvalue weighted by atomic mass is 19.3. The van der Waals surface area contributed by atoms with E-state index in [4.69, 9.17) is 0 Å². The van der Waals surface area contributed by atoms with E-state index >= 15 is 0 Å². The van der Waals surface area contributed by atoms with Crippen molar-refractivity contribution < 1.29 is 13.9 Å². The monoisotopic (exact) mass is 522 g/mol. The first-order chi connectivity index (χ1) is 17.6. The smallest absolute Gasteiger partial charge is 0.257 e. The minimum atomic E-state index is -2.39. The Labute approximate surface area is 223 Å². The van der Waals surface area contributed by atoms with Crippen molar-refractivity contribution >= 4 is 0 Å². The molecule has 0 radical (unpaired) electrons. The maximum Gasteiger partial charge on any atom is 0.257 e. The Morgan fingerprint density at radius 3 is 2.19 bits per heavy atom. The molecule has 5 nitrogen and oxygen atoms in total. The second kappa shape index (κ2) is 9.94. The molecule has 2 aliphatic heterocycles. The number of fused-ring (bicyclic) bond motifs is 2. The fourth-order valence-electron chi connectivity index (χ4n) is 9.59. The molecule has 7 heteroatoms. The van der Waals surface area contributed by atoms with Crippen LogP contribution in [0.1, 0.15) is 79.1 Å². The molecule has 6 aliphatic rings. The first kappa shape index (κ1) is 26.9. The summed E-state index contributed by atoms with van der Waals surface area (Å²) in [6.45, 7) is 13.2. The van der Waals surface area contributed by atoms with Crippen LogP contribution < -0.4 is 10.6 Å². The molecule has 0 spiro atoms. The van der Waals surface area contributed by atoms with Gasteiger partial charge in [-0.05, 0) is 69.6 Å². The zero-order chi connectivity index (χ0) is 26.1. The van der Waals surface area contributed by atoms with Gasteiger partial charge in [0.15, 0.2) is 0 Å². The topological polar surface area (TPSA) is 50.8 Å². The fourth-order valence-corrected chi connectivity index (χ4v) is 9.59. The highest BCUT2D eigenvalue weighted by molar-refractivity contribution is 5.14. The summed E-state index contributed by atoms with van der Waals surface area (Å²) in [5, 5.41) is 17.8. The molecule has 0 bridgehead atoms. The first-order valence-corrected chi connectivity index (χ1v) is 15.6. The second-order valence-corrected chi connectivity index (χ2v) is 14.8. The molecule has 0 aromatic rings. The van der Waals surface area contributed by atoms with E-state index < -0.39 is 5.92 Å². The molecule has 6 fully saturated rings. The van der Waals surface area contributed by atoms with Gasteiger partial charge in [0.05, 0.1) is 0 Å². The molecule has 0 aromatic heterocycles. The molecule has 10 atom stereocenters. The average Bonchev–Trinajstić information content (AvgIpc) is 3.37. The third-order valence-electron chi connectivity index (χ3n) is 11.3. The Hall–Kier alpha value is -0.340. The lowest BCUT2D eigenvalue weighted by atomic mass is 9.73. The van der Waals surface area contributed by atoms with Crippen LogP contribution >= 0.6 is 0 Å². The average molecular weight is 523 g/mol. The van der Waals surface area contributed by atoms with Gasteiger partial charge in [-0.25, -0.2) is 8.78 Å².